The van der Waals surface area contributed by atoms with Crippen molar-refractivity contribution in [2.45, 2.75) is 25.7 Å². The Bertz CT molecular complexity index is 794. The maximum absolute atomic E-state index is 13.2. The number of hydrogen-bond acceptors (Lipinski definition) is 6. The van der Waals surface area contributed by atoms with Gasteiger partial charge in [-0.25, -0.2) is 0 Å². The molecule has 2 heterocycles. The third-order valence-electron chi connectivity index (χ3n) is 6.02. The van der Waals surface area contributed by atoms with E-state index in [-0.39, 0.29) is 12.5 Å². The molecule has 2 aliphatic rings. The van der Waals surface area contributed by atoms with Gasteiger partial charge in [0.15, 0.2) is 11.6 Å². The van der Waals surface area contributed by atoms with Crippen LogP contribution in [0.15, 0.2) is 34.9 Å². The summed E-state index contributed by atoms with van der Waals surface area (Å²) in [7, 11) is 0. The van der Waals surface area contributed by atoms with Crippen LogP contribution in [0.2, 0.25) is 0 Å². The number of amides is 1. The Morgan fingerprint density at radius 3 is 2.48 bits per heavy atom. The summed E-state index contributed by atoms with van der Waals surface area (Å²) in [6, 6.07) is 9.64. The van der Waals surface area contributed by atoms with Gasteiger partial charge in [0, 0.05) is 31.8 Å². The van der Waals surface area contributed by atoms with Gasteiger partial charge in [0.2, 0.25) is 0 Å². The number of ether oxygens (including phenoxy) is 1. The summed E-state index contributed by atoms with van der Waals surface area (Å²) in [6.07, 6.45) is 4.13. The molecule has 0 atom stereocenters. The van der Waals surface area contributed by atoms with Crippen LogP contribution < -0.4 is 10.2 Å². The van der Waals surface area contributed by atoms with Crippen LogP contribution in [0, 0.1) is 11.8 Å². The molecule has 2 fully saturated rings. The fraction of sp³-hybridized carbons (Fsp3) is 0.545. The monoisotopic (exact) mass is 399 g/mol. The Balaban J connectivity index is 1.52. The van der Waals surface area contributed by atoms with Crippen molar-refractivity contribution < 1.29 is 19.2 Å². The maximum atomic E-state index is 13.2. The number of aromatic nitrogens is 1. The standard InChI is InChI=1S/C22H29N3O4/c26-15-17-8-6-16(7-9-17)14-23-22(27)19-20(18-4-2-1-3-5-18)29-24-21(19)25-10-12-28-13-11-25/h1-5,16-17,26H,6-15H2,(H,23,27). The molecule has 1 aliphatic carbocycles. The second-order valence-corrected chi connectivity index (χ2v) is 7.96. The van der Waals surface area contributed by atoms with Crippen molar-refractivity contribution in [2.75, 3.05) is 44.4 Å². The number of hydrogen-bond donors (Lipinski definition) is 2. The Morgan fingerprint density at radius 2 is 1.79 bits per heavy atom. The van der Waals surface area contributed by atoms with E-state index in [1.807, 2.05) is 30.3 Å². The van der Waals surface area contributed by atoms with E-state index in [1.165, 1.54) is 0 Å². The van der Waals surface area contributed by atoms with Gasteiger partial charge >= 0.3 is 0 Å². The molecule has 156 valence electrons. The number of nitrogens with one attached hydrogen (secondary N) is 1. The topological polar surface area (TPSA) is 87.8 Å². The first-order valence-corrected chi connectivity index (χ1v) is 10.5. The molecule has 1 amide bonds. The van der Waals surface area contributed by atoms with E-state index in [0.29, 0.717) is 61.8 Å². The number of nitrogens with zero attached hydrogens (tertiary/aromatic N) is 2. The van der Waals surface area contributed by atoms with E-state index >= 15 is 0 Å². The van der Waals surface area contributed by atoms with E-state index in [9.17, 15) is 9.90 Å². The lowest BCUT2D eigenvalue weighted by Crippen LogP contribution is -2.38. The Hall–Kier alpha value is -2.38. The van der Waals surface area contributed by atoms with Crippen LogP contribution >= 0.6 is 0 Å². The largest absolute Gasteiger partial charge is 0.396 e. The van der Waals surface area contributed by atoms with Crippen LogP contribution in [0.5, 0.6) is 0 Å². The van der Waals surface area contributed by atoms with Crippen LogP contribution in [-0.2, 0) is 4.74 Å². The van der Waals surface area contributed by atoms with Gasteiger partial charge in [-0.05, 0) is 37.5 Å². The van der Waals surface area contributed by atoms with Crippen LogP contribution in [0.4, 0.5) is 5.82 Å². The molecule has 0 radical (unpaired) electrons. The van der Waals surface area contributed by atoms with E-state index in [1.54, 1.807) is 0 Å². The smallest absolute Gasteiger partial charge is 0.259 e. The number of benzene rings is 1. The average Bonchev–Trinajstić information content (AvgIpc) is 3.24. The summed E-state index contributed by atoms with van der Waals surface area (Å²) in [6.45, 7) is 3.51. The lowest BCUT2D eigenvalue weighted by Gasteiger charge is -2.28. The van der Waals surface area contributed by atoms with Crippen LogP contribution in [0.1, 0.15) is 36.0 Å². The molecule has 7 nitrogen and oxygen atoms in total. The van der Waals surface area contributed by atoms with E-state index in [2.05, 4.69) is 15.4 Å². The highest BCUT2D eigenvalue weighted by Gasteiger charge is 2.29. The third-order valence-corrected chi connectivity index (χ3v) is 6.02. The number of aliphatic hydroxyl groups excluding tert-OH is 1. The van der Waals surface area contributed by atoms with E-state index in [4.69, 9.17) is 9.26 Å². The SMILES string of the molecule is O=C(NCC1CCC(CO)CC1)c1c(N2CCOCC2)noc1-c1ccccc1. The molecule has 4 rings (SSSR count). The first-order valence-electron chi connectivity index (χ1n) is 10.5. The van der Waals surface area contributed by atoms with Crippen molar-refractivity contribution in [1.82, 2.24) is 10.5 Å². The number of aliphatic hydroxyl groups is 1. The molecule has 1 saturated heterocycles. The van der Waals surface area contributed by atoms with Gasteiger partial charge in [-0.15, -0.1) is 0 Å². The number of carbonyl (C=O) groups is 1. The van der Waals surface area contributed by atoms with Crippen LogP contribution in [0.25, 0.3) is 11.3 Å². The number of rotatable bonds is 6. The molecule has 1 saturated carbocycles. The summed E-state index contributed by atoms with van der Waals surface area (Å²) in [5, 5.41) is 16.7. The minimum absolute atomic E-state index is 0.143. The van der Waals surface area contributed by atoms with Crippen molar-refractivity contribution in [1.29, 1.82) is 0 Å². The lowest BCUT2D eigenvalue weighted by atomic mass is 9.82. The van der Waals surface area contributed by atoms with Gasteiger partial charge in [0.25, 0.3) is 5.91 Å². The zero-order valence-corrected chi connectivity index (χ0v) is 16.7. The quantitative estimate of drug-likeness (QED) is 0.777. The molecule has 2 aromatic rings. The number of anilines is 1. The Kier molecular flexibility index (Phi) is 6.46. The highest BCUT2D eigenvalue weighted by molar-refractivity contribution is 6.04. The molecular formula is C22H29N3O4. The summed E-state index contributed by atoms with van der Waals surface area (Å²) < 4.78 is 11.1. The highest BCUT2D eigenvalue weighted by Crippen LogP contribution is 2.32. The zero-order valence-electron chi connectivity index (χ0n) is 16.7. The molecule has 1 aromatic heterocycles. The Labute approximate surface area is 171 Å². The van der Waals surface area contributed by atoms with Crippen molar-refractivity contribution >= 4 is 11.7 Å². The summed E-state index contributed by atoms with van der Waals surface area (Å²) in [5.41, 5.74) is 1.34. The van der Waals surface area contributed by atoms with E-state index < -0.39 is 0 Å². The van der Waals surface area contributed by atoms with Gasteiger partial charge in [-0.1, -0.05) is 35.5 Å². The summed E-state index contributed by atoms with van der Waals surface area (Å²) in [5.74, 6) is 1.82. The molecule has 1 aliphatic heterocycles. The van der Waals surface area contributed by atoms with Crippen molar-refractivity contribution in [3.8, 4) is 11.3 Å². The first-order chi connectivity index (χ1) is 14.3. The normalized spacial score (nSPS) is 22.4. The second-order valence-electron chi connectivity index (χ2n) is 7.96. The predicted molar refractivity (Wildman–Crippen MR) is 110 cm³/mol. The molecule has 2 N–H and O–H groups in total. The van der Waals surface area contributed by atoms with Gasteiger partial charge < -0.3 is 24.6 Å². The van der Waals surface area contributed by atoms with Crippen molar-refractivity contribution in [3.63, 3.8) is 0 Å². The fourth-order valence-electron chi connectivity index (χ4n) is 4.21. The molecule has 0 spiro atoms. The zero-order chi connectivity index (χ0) is 20.1. The van der Waals surface area contributed by atoms with Gasteiger partial charge in [0.1, 0.15) is 5.56 Å². The van der Waals surface area contributed by atoms with Gasteiger partial charge in [-0.3, -0.25) is 4.79 Å². The van der Waals surface area contributed by atoms with Crippen LogP contribution in [-0.4, -0.2) is 55.6 Å². The molecule has 0 bridgehead atoms. The lowest BCUT2D eigenvalue weighted by molar-refractivity contribution is 0.0936. The molecule has 29 heavy (non-hydrogen) atoms. The first kappa shape index (κ1) is 19.9. The number of morpholine rings is 1. The Morgan fingerprint density at radius 1 is 1.10 bits per heavy atom. The predicted octanol–water partition coefficient (Wildman–Crippen LogP) is 2.71. The summed E-state index contributed by atoms with van der Waals surface area (Å²) in [4.78, 5) is 15.3. The summed E-state index contributed by atoms with van der Waals surface area (Å²) >= 11 is 0. The fourth-order valence-corrected chi connectivity index (χ4v) is 4.21. The molecular weight excluding hydrogens is 370 g/mol. The van der Waals surface area contributed by atoms with Crippen molar-refractivity contribution in [3.05, 3.63) is 35.9 Å². The van der Waals surface area contributed by atoms with Crippen molar-refractivity contribution in [2.24, 2.45) is 11.8 Å². The van der Waals surface area contributed by atoms with E-state index in [0.717, 1.165) is 31.2 Å². The number of carbonyl (C=O) groups excluding carboxylic acids is 1. The maximum Gasteiger partial charge on any atom is 0.259 e. The molecule has 0 unspecified atom stereocenters. The minimum Gasteiger partial charge on any atom is -0.396 e. The third kappa shape index (κ3) is 4.62. The van der Waals surface area contributed by atoms with Gasteiger partial charge in [-0.2, -0.15) is 0 Å². The minimum atomic E-state index is -0.143. The molecule has 7 heteroatoms. The highest BCUT2D eigenvalue weighted by atomic mass is 16.5. The average molecular weight is 399 g/mol. The second kappa shape index (κ2) is 9.41. The molecule has 1 aromatic carbocycles. The van der Waals surface area contributed by atoms with Crippen LogP contribution in [0.3, 0.4) is 0 Å². The van der Waals surface area contributed by atoms with Gasteiger partial charge in [0.05, 0.1) is 13.2 Å².